The van der Waals surface area contributed by atoms with Crippen LogP contribution in [-0.4, -0.2) is 21.5 Å². The zero-order valence-corrected chi connectivity index (χ0v) is 12.2. The number of aryl methyl sites for hydroxylation is 1. The van der Waals surface area contributed by atoms with Crippen LogP contribution in [0.1, 0.15) is 10.4 Å². The van der Waals surface area contributed by atoms with Crippen molar-refractivity contribution in [2.75, 3.05) is 5.32 Å². The summed E-state index contributed by atoms with van der Waals surface area (Å²) in [4.78, 5) is 24.8. The van der Waals surface area contributed by atoms with E-state index >= 15 is 0 Å². The quantitative estimate of drug-likeness (QED) is 0.855. The van der Waals surface area contributed by atoms with Crippen molar-refractivity contribution in [2.45, 2.75) is 9.79 Å². The molecule has 2 heterocycles. The van der Waals surface area contributed by atoms with Crippen molar-refractivity contribution >= 4 is 45.1 Å². The summed E-state index contributed by atoms with van der Waals surface area (Å²) >= 11 is 4.93. The van der Waals surface area contributed by atoms with Crippen molar-refractivity contribution in [3.05, 3.63) is 34.6 Å². The van der Waals surface area contributed by atoms with E-state index in [2.05, 4.69) is 26.3 Å². The zero-order valence-electron chi connectivity index (χ0n) is 9.81. The Morgan fingerprint density at radius 3 is 2.84 bits per heavy atom. The Morgan fingerprint density at radius 1 is 1.37 bits per heavy atom. The van der Waals surface area contributed by atoms with Gasteiger partial charge in [-0.15, -0.1) is 0 Å². The Bertz CT molecular complexity index is 711. The van der Waals surface area contributed by atoms with Gasteiger partial charge in [0.05, 0.1) is 22.3 Å². The van der Waals surface area contributed by atoms with Crippen LogP contribution in [0.25, 0.3) is 0 Å². The average molecular weight is 338 g/mol. The van der Waals surface area contributed by atoms with Crippen LogP contribution in [0.3, 0.4) is 0 Å². The molecular weight excluding hydrogens is 330 g/mol. The molecular formula is C12H8BrN3O2S. The van der Waals surface area contributed by atoms with Crippen molar-refractivity contribution in [3.63, 3.8) is 0 Å². The molecule has 1 aromatic carbocycles. The molecule has 0 radical (unpaired) electrons. The first-order chi connectivity index (χ1) is 9.04. The lowest BCUT2D eigenvalue weighted by Gasteiger charge is -2.05. The average Bonchev–Trinajstić information content (AvgIpc) is 2.87. The number of carbonyl (C=O) groups is 2. The summed E-state index contributed by atoms with van der Waals surface area (Å²) in [7, 11) is 1.85. The van der Waals surface area contributed by atoms with Crippen molar-refractivity contribution < 1.29 is 9.59 Å². The summed E-state index contributed by atoms with van der Waals surface area (Å²) in [6.07, 6.45) is 3.65. The van der Waals surface area contributed by atoms with Gasteiger partial charge < -0.3 is 5.32 Å². The van der Waals surface area contributed by atoms with Crippen LogP contribution in [0.2, 0.25) is 0 Å². The van der Waals surface area contributed by atoms with Gasteiger partial charge in [-0.3, -0.25) is 14.3 Å². The van der Waals surface area contributed by atoms with Gasteiger partial charge in [0.2, 0.25) is 0 Å². The number of fused-ring (bicyclic) bond motifs is 1. The second-order valence-corrected chi connectivity index (χ2v) is 6.03. The minimum atomic E-state index is -0.578. The van der Waals surface area contributed by atoms with E-state index in [0.29, 0.717) is 11.3 Å². The molecule has 1 aliphatic rings. The third-order valence-corrected chi connectivity index (χ3v) is 4.60. The maximum absolute atomic E-state index is 11.6. The molecule has 1 aromatic heterocycles. The van der Waals surface area contributed by atoms with Crippen LogP contribution in [0.15, 0.2) is 38.8 Å². The molecule has 96 valence electrons. The Balaban J connectivity index is 1.98. The Hall–Kier alpha value is -1.60. The molecule has 1 aliphatic heterocycles. The molecule has 0 aliphatic carbocycles. The number of hydrogen-bond acceptors (Lipinski definition) is 4. The number of anilines is 1. The number of nitrogens with zero attached hydrogens (tertiary/aromatic N) is 2. The van der Waals surface area contributed by atoms with Crippen molar-refractivity contribution in [1.29, 1.82) is 0 Å². The Labute approximate surface area is 121 Å². The third kappa shape index (κ3) is 2.19. The first-order valence-corrected chi connectivity index (χ1v) is 7.01. The molecule has 1 N–H and O–H groups in total. The number of amides is 1. The zero-order chi connectivity index (χ0) is 13.6. The van der Waals surface area contributed by atoms with Crippen molar-refractivity contribution in [1.82, 2.24) is 9.78 Å². The highest BCUT2D eigenvalue weighted by atomic mass is 79.9. The lowest BCUT2D eigenvalue weighted by Crippen LogP contribution is -2.12. The highest BCUT2D eigenvalue weighted by Gasteiger charge is 2.29. The van der Waals surface area contributed by atoms with E-state index in [0.717, 1.165) is 14.3 Å². The standard InChI is InChI=1S/C12H8BrN3O2S/c1-16-5-6(4-14-16)19-10-3-9-7(2-8(10)13)11(17)12(18)15-9/h2-5H,1H3,(H,15,17,18). The second-order valence-electron chi connectivity index (χ2n) is 4.06. The number of Topliss-reactive ketones (excluding diaryl/α,β-unsaturated/α-hetero) is 1. The molecule has 0 saturated heterocycles. The summed E-state index contributed by atoms with van der Waals surface area (Å²) in [5.74, 6) is -1.07. The number of rotatable bonds is 2. The van der Waals surface area contributed by atoms with Gasteiger partial charge in [-0.2, -0.15) is 5.10 Å². The van der Waals surface area contributed by atoms with E-state index in [1.807, 2.05) is 13.2 Å². The molecule has 7 heteroatoms. The molecule has 0 saturated carbocycles. The van der Waals surface area contributed by atoms with Crippen molar-refractivity contribution in [2.24, 2.45) is 7.05 Å². The fourth-order valence-corrected chi connectivity index (χ4v) is 3.28. The first kappa shape index (κ1) is 12.4. The number of nitrogens with one attached hydrogen (secondary N) is 1. The molecule has 3 rings (SSSR count). The van der Waals surface area contributed by atoms with Gasteiger partial charge in [-0.05, 0) is 28.1 Å². The maximum atomic E-state index is 11.6. The lowest BCUT2D eigenvalue weighted by atomic mass is 10.1. The molecule has 2 aromatic rings. The van der Waals surface area contributed by atoms with Crippen molar-refractivity contribution in [3.8, 4) is 0 Å². The molecule has 0 fully saturated rings. The monoisotopic (exact) mass is 337 g/mol. The van der Waals surface area contributed by atoms with Gasteiger partial charge in [-0.1, -0.05) is 11.8 Å². The fourth-order valence-electron chi connectivity index (χ4n) is 1.80. The molecule has 0 bridgehead atoms. The van der Waals surface area contributed by atoms with Crippen LogP contribution in [0.4, 0.5) is 5.69 Å². The van der Waals surface area contributed by atoms with Crippen LogP contribution in [0, 0.1) is 0 Å². The number of benzene rings is 1. The lowest BCUT2D eigenvalue weighted by molar-refractivity contribution is -0.112. The SMILES string of the molecule is Cn1cc(Sc2cc3c(cc2Br)C(=O)C(=O)N3)cn1. The highest BCUT2D eigenvalue weighted by molar-refractivity contribution is 9.10. The third-order valence-electron chi connectivity index (χ3n) is 2.68. The summed E-state index contributed by atoms with van der Waals surface area (Å²) < 4.78 is 2.50. The molecule has 0 unspecified atom stereocenters. The van der Waals surface area contributed by atoms with Gasteiger partial charge >= 0.3 is 0 Å². The normalized spacial score (nSPS) is 13.6. The fraction of sp³-hybridized carbons (Fsp3) is 0.0833. The van der Waals surface area contributed by atoms with Gasteiger partial charge in [-0.25, -0.2) is 0 Å². The smallest absolute Gasteiger partial charge is 0.296 e. The van der Waals surface area contributed by atoms with Crippen LogP contribution in [-0.2, 0) is 11.8 Å². The summed E-state index contributed by atoms with van der Waals surface area (Å²) in [6.45, 7) is 0. The second kappa shape index (κ2) is 4.50. The van der Waals surface area contributed by atoms with Gasteiger partial charge in [0, 0.05) is 22.6 Å². The molecule has 0 spiro atoms. The van der Waals surface area contributed by atoms with Gasteiger partial charge in [0.1, 0.15) is 0 Å². The molecule has 19 heavy (non-hydrogen) atoms. The van der Waals surface area contributed by atoms with Crippen LogP contribution >= 0.6 is 27.7 Å². The summed E-state index contributed by atoms with van der Waals surface area (Å²) in [5.41, 5.74) is 0.969. The van der Waals surface area contributed by atoms with E-state index in [1.165, 1.54) is 11.8 Å². The topological polar surface area (TPSA) is 64.0 Å². The predicted octanol–water partition coefficient (Wildman–Crippen LogP) is 2.47. The number of ketones is 1. The number of halogens is 1. The highest BCUT2D eigenvalue weighted by Crippen LogP contribution is 2.38. The van der Waals surface area contributed by atoms with Crippen LogP contribution < -0.4 is 5.32 Å². The minimum absolute atomic E-state index is 0.410. The van der Waals surface area contributed by atoms with E-state index in [-0.39, 0.29) is 0 Å². The van der Waals surface area contributed by atoms with Gasteiger partial charge in [0.25, 0.3) is 11.7 Å². The Morgan fingerprint density at radius 2 is 2.16 bits per heavy atom. The number of hydrogen-bond donors (Lipinski definition) is 1. The van der Waals surface area contributed by atoms with E-state index < -0.39 is 11.7 Å². The molecule has 5 nitrogen and oxygen atoms in total. The van der Waals surface area contributed by atoms with E-state index in [4.69, 9.17) is 0 Å². The molecule has 0 atom stereocenters. The maximum Gasteiger partial charge on any atom is 0.296 e. The summed E-state index contributed by atoms with van der Waals surface area (Å²) in [5, 5.41) is 6.66. The van der Waals surface area contributed by atoms with E-state index in [1.54, 1.807) is 23.0 Å². The van der Waals surface area contributed by atoms with Gasteiger partial charge in [0.15, 0.2) is 0 Å². The minimum Gasteiger partial charge on any atom is -0.318 e. The predicted molar refractivity (Wildman–Crippen MR) is 74.4 cm³/mol. The van der Waals surface area contributed by atoms with E-state index in [9.17, 15) is 9.59 Å². The number of aromatic nitrogens is 2. The summed E-state index contributed by atoms with van der Waals surface area (Å²) in [6, 6.07) is 3.47. The Kier molecular flexibility index (Phi) is 2.94. The largest absolute Gasteiger partial charge is 0.318 e. The molecule has 1 amide bonds. The first-order valence-electron chi connectivity index (χ1n) is 5.40. The van der Waals surface area contributed by atoms with Crippen LogP contribution in [0.5, 0.6) is 0 Å². The number of carbonyl (C=O) groups excluding carboxylic acids is 2.